The highest BCUT2D eigenvalue weighted by atomic mass is 19.1. The number of esters is 2. The summed E-state index contributed by atoms with van der Waals surface area (Å²) in [7, 11) is 2.17. The van der Waals surface area contributed by atoms with Gasteiger partial charge in [0.05, 0.1) is 0 Å². The predicted molar refractivity (Wildman–Crippen MR) is 151 cm³/mol. The summed E-state index contributed by atoms with van der Waals surface area (Å²) < 4.78 is 43.3. The average Bonchev–Trinajstić information content (AvgIpc) is 3.28. The number of rotatable bonds is 3. The summed E-state index contributed by atoms with van der Waals surface area (Å²) in [4.78, 5) is 29.5. The van der Waals surface area contributed by atoms with Crippen molar-refractivity contribution in [1.82, 2.24) is 9.88 Å². The molecule has 2 N–H and O–H groups in total. The Balaban J connectivity index is 0.000000179. The van der Waals surface area contributed by atoms with Gasteiger partial charge in [0.1, 0.15) is 23.6 Å². The first kappa shape index (κ1) is 27.8. The van der Waals surface area contributed by atoms with E-state index in [4.69, 9.17) is 19.9 Å². The molecule has 7 rings (SSSR count). The van der Waals surface area contributed by atoms with Gasteiger partial charge in [0, 0.05) is 54.6 Å². The Bertz CT molecular complexity index is 1570. The van der Waals surface area contributed by atoms with Crippen LogP contribution >= 0.6 is 0 Å². The van der Waals surface area contributed by atoms with Crippen molar-refractivity contribution in [3.63, 3.8) is 0 Å². The molecule has 2 bridgehead atoms. The van der Waals surface area contributed by atoms with Crippen LogP contribution in [0.3, 0.4) is 0 Å². The van der Waals surface area contributed by atoms with Crippen LogP contribution in [0.5, 0.6) is 11.5 Å². The normalized spacial score (nSPS) is 26.3. The molecule has 4 aliphatic rings. The van der Waals surface area contributed by atoms with Gasteiger partial charge >= 0.3 is 11.9 Å². The number of nitrogen functional groups attached to an aromatic ring is 1. The molecule has 5 atom stereocenters. The Labute approximate surface area is 242 Å². The van der Waals surface area contributed by atoms with E-state index >= 15 is 0 Å². The van der Waals surface area contributed by atoms with Crippen LogP contribution in [-0.2, 0) is 26.2 Å². The predicted octanol–water partition coefficient (Wildman–Crippen LogP) is 4.60. The SMILES string of the molecule is CC(=O)Oc1ccc2c3c1O[C@H]1[C@@H](OC(C)=O)C=C[C@H]4[C@@H](C2)N(C)CC[C@@]341.Nc1ccc(-c2cc(F)cc(F)c2)cn1. The van der Waals surface area contributed by atoms with Gasteiger partial charge in [-0.25, -0.2) is 13.8 Å². The van der Waals surface area contributed by atoms with Crippen LogP contribution in [0.4, 0.5) is 14.6 Å². The number of likely N-dealkylation sites (tertiary alicyclic amines) is 1. The number of carbonyl (C=O) groups excluding carboxylic acids is 2. The number of likely N-dealkylation sites (N-methyl/N-ethyl adjacent to an activating group) is 1. The highest BCUT2D eigenvalue weighted by Gasteiger charge is 2.65. The fraction of sp³-hybridized carbons (Fsp3) is 0.344. The van der Waals surface area contributed by atoms with Crippen molar-refractivity contribution in [2.75, 3.05) is 19.3 Å². The third-order valence-electron chi connectivity index (χ3n) is 8.65. The van der Waals surface area contributed by atoms with E-state index in [1.165, 1.54) is 37.7 Å². The summed E-state index contributed by atoms with van der Waals surface area (Å²) in [5, 5.41) is 0. The lowest BCUT2D eigenvalue weighted by molar-refractivity contribution is -0.152. The summed E-state index contributed by atoms with van der Waals surface area (Å²) >= 11 is 0. The summed E-state index contributed by atoms with van der Waals surface area (Å²) in [5.41, 5.74) is 8.63. The third kappa shape index (κ3) is 4.69. The van der Waals surface area contributed by atoms with Crippen molar-refractivity contribution in [3.8, 4) is 22.6 Å². The summed E-state index contributed by atoms with van der Waals surface area (Å²) in [6.45, 7) is 3.77. The maximum Gasteiger partial charge on any atom is 0.308 e. The van der Waals surface area contributed by atoms with Crippen molar-refractivity contribution < 1.29 is 32.6 Å². The van der Waals surface area contributed by atoms with Crippen molar-refractivity contribution in [2.45, 2.75) is 50.4 Å². The van der Waals surface area contributed by atoms with Gasteiger partial charge in [0.15, 0.2) is 17.6 Å². The maximum atomic E-state index is 12.9. The van der Waals surface area contributed by atoms with E-state index in [0.717, 1.165) is 31.0 Å². The molecule has 1 aromatic heterocycles. The number of halogens is 2. The second-order valence-electron chi connectivity index (χ2n) is 11.2. The number of nitrogens with two attached hydrogens (primary N) is 1. The number of benzene rings is 2. The molecule has 0 radical (unpaired) electrons. The molecule has 218 valence electrons. The molecular weight excluding hydrogens is 544 g/mol. The van der Waals surface area contributed by atoms with E-state index in [0.29, 0.717) is 34.5 Å². The Hall–Kier alpha value is -4.31. The minimum absolute atomic E-state index is 0.245. The quantitative estimate of drug-likeness (QED) is 0.275. The lowest BCUT2D eigenvalue weighted by atomic mass is 9.53. The van der Waals surface area contributed by atoms with Crippen LogP contribution in [0.1, 0.15) is 31.4 Å². The van der Waals surface area contributed by atoms with E-state index in [1.807, 2.05) is 12.1 Å². The second kappa shape index (κ2) is 10.5. The number of ether oxygens (including phenoxy) is 3. The molecule has 1 fully saturated rings. The van der Waals surface area contributed by atoms with Crippen molar-refractivity contribution in [3.05, 3.63) is 83.6 Å². The molecule has 1 saturated heterocycles. The molecule has 10 heteroatoms. The smallest absolute Gasteiger partial charge is 0.308 e. The number of anilines is 1. The first-order valence-corrected chi connectivity index (χ1v) is 13.8. The summed E-state index contributed by atoms with van der Waals surface area (Å²) in [5.74, 6) is -0.136. The Morgan fingerprint density at radius 1 is 1.05 bits per heavy atom. The van der Waals surface area contributed by atoms with Gasteiger partial charge < -0.3 is 24.8 Å². The standard InChI is InChI=1S/C21H23NO5.C11H8F2N2/c1-11(23)25-16-6-4-13-10-15-14-5-7-17(26-12(2)24)20-21(14,8-9-22(15)3)18(13)19(16)27-20;12-9-3-8(4-10(13)5-9)7-1-2-11(14)15-6-7/h4-7,14-15,17,20H,8-10H2,1-3H3;1-6H,(H2,14,15)/t14-,15+,17-,20-,21-;/m0./s1. The lowest BCUT2D eigenvalue weighted by Crippen LogP contribution is -2.65. The highest BCUT2D eigenvalue weighted by Crippen LogP contribution is 2.62. The average molecular weight is 576 g/mol. The highest BCUT2D eigenvalue weighted by molar-refractivity contribution is 5.73. The van der Waals surface area contributed by atoms with Crippen molar-refractivity contribution in [1.29, 1.82) is 0 Å². The van der Waals surface area contributed by atoms with Gasteiger partial charge in [-0.05, 0) is 74.0 Å². The molecule has 42 heavy (non-hydrogen) atoms. The topological polar surface area (TPSA) is 104 Å². The largest absolute Gasteiger partial charge is 0.481 e. The number of piperidine rings is 1. The van der Waals surface area contributed by atoms with Crippen LogP contribution in [0.25, 0.3) is 11.1 Å². The fourth-order valence-electron chi connectivity index (χ4n) is 7.03. The van der Waals surface area contributed by atoms with Crippen LogP contribution in [0.2, 0.25) is 0 Å². The molecule has 3 aromatic rings. The van der Waals surface area contributed by atoms with Gasteiger partial charge in [-0.3, -0.25) is 9.59 Å². The molecule has 8 nitrogen and oxygen atoms in total. The maximum absolute atomic E-state index is 12.9. The van der Waals surface area contributed by atoms with Gasteiger partial charge in [-0.2, -0.15) is 0 Å². The van der Waals surface area contributed by atoms with Gasteiger partial charge in [0.2, 0.25) is 0 Å². The number of carbonyl (C=O) groups is 2. The molecule has 0 amide bonds. The number of hydrogen-bond acceptors (Lipinski definition) is 8. The molecule has 2 aromatic carbocycles. The van der Waals surface area contributed by atoms with Crippen molar-refractivity contribution in [2.24, 2.45) is 5.92 Å². The zero-order chi connectivity index (χ0) is 29.8. The molecule has 1 spiro atoms. The molecular formula is C32H31F2N3O5. The number of pyridine rings is 1. The van der Waals surface area contributed by atoms with Crippen LogP contribution in [0, 0.1) is 17.6 Å². The van der Waals surface area contributed by atoms with Crippen LogP contribution < -0.4 is 15.2 Å². The van der Waals surface area contributed by atoms with E-state index in [-0.39, 0.29) is 29.4 Å². The first-order chi connectivity index (χ1) is 20.1. The first-order valence-electron chi connectivity index (χ1n) is 13.8. The third-order valence-corrected chi connectivity index (χ3v) is 8.65. The molecule has 2 aliphatic carbocycles. The van der Waals surface area contributed by atoms with E-state index < -0.39 is 17.7 Å². The van der Waals surface area contributed by atoms with Gasteiger partial charge in [0.25, 0.3) is 0 Å². The van der Waals surface area contributed by atoms with Gasteiger partial charge in [-0.15, -0.1) is 0 Å². The molecule has 2 aliphatic heterocycles. The fourth-order valence-corrected chi connectivity index (χ4v) is 7.03. The van der Waals surface area contributed by atoms with Crippen LogP contribution in [-0.4, -0.2) is 53.7 Å². The monoisotopic (exact) mass is 575 g/mol. The Kier molecular flexibility index (Phi) is 6.97. The van der Waals surface area contributed by atoms with E-state index in [2.05, 4.69) is 29.1 Å². The van der Waals surface area contributed by atoms with Crippen molar-refractivity contribution >= 4 is 17.8 Å². The Morgan fingerprint density at radius 2 is 1.81 bits per heavy atom. The van der Waals surface area contributed by atoms with E-state index in [1.54, 1.807) is 12.1 Å². The molecule has 3 heterocycles. The molecule has 0 unspecified atom stereocenters. The minimum Gasteiger partial charge on any atom is -0.481 e. The van der Waals surface area contributed by atoms with Crippen LogP contribution in [0.15, 0.2) is 60.8 Å². The summed E-state index contributed by atoms with van der Waals surface area (Å²) in [6.07, 6.45) is 6.78. The second-order valence-corrected chi connectivity index (χ2v) is 11.2. The zero-order valence-electron chi connectivity index (χ0n) is 23.5. The minimum atomic E-state index is -0.609. The Morgan fingerprint density at radius 3 is 2.48 bits per heavy atom. The summed E-state index contributed by atoms with van der Waals surface area (Å²) in [6, 6.07) is 10.8. The zero-order valence-corrected chi connectivity index (χ0v) is 23.5. The number of nitrogens with zero attached hydrogens (tertiary/aromatic N) is 2. The van der Waals surface area contributed by atoms with Gasteiger partial charge in [-0.1, -0.05) is 12.1 Å². The molecule has 0 saturated carbocycles. The van der Waals surface area contributed by atoms with E-state index in [9.17, 15) is 18.4 Å². The number of hydrogen-bond donors (Lipinski definition) is 1. The lowest BCUT2D eigenvalue weighted by Gasteiger charge is -2.56. The number of aromatic nitrogens is 1.